The molecule has 6 nitrogen and oxygen atoms in total. The number of fused-ring (bicyclic) bond motifs is 1. The number of hydrogen-bond donors (Lipinski definition) is 2. The van der Waals surface area contributed by atoms with E-state index >= 15 is 0 Å². The molecule has 2 amide bonds. The minimum Gasteiger partial charge on any atom is -0.366 e. The van der Waals surface area contributed by atoms with E-state index in [4.69, 9.17) is 22.3 Å². The Balaban J connectivity index is 1.56. The number of carbonyl (C=O) groups is 2. The fraction of sp³-hybridized carbons (Fsp3) is 0.125. The van der Waals surface area contributed by atoms with Crippen molar-refractivity contribution in [3.63, 3.8) is 0 Å². The molecule has 1 aromatic heterocycles. The zero-order valence-electron chi connectivity index (χ0n) is 17.3. The molecule has 8 heteroatoms. The van der Waals surface area contributed by atoms with E-state index in [0.717, 1.165) is 21.8 Å². The average molecular weight is 465 g/mol. The Morgan fingerprint density at radius 2 is 1.81 bits per heavy atom. The molecule has 0 aliphatic rings. The summed E-state index contributed by atoms with van der Waals surface area (Å²) in [6.45, 7) is 2.46. The standard InChI is InChI=1S/C24H21ClN4O2S/c1-15(23(31)27-19-10-7-17(8-11-19)22(26)30)32-24-28-20-13-18(25)9-12-21(20)29(24)14-16-5-3-2-4-6-16/h2-13,15H,14H2,1H3,(H2,26,30)(H,27,31)/t15-/m1/s1. The number of primary amides is 1. The number of thioether (sulfide) groups is 1. The van der Waals surface area contributed by atoms with Gasteiger partial charge in [0.2, 0.25) is 11.8 Å². The lowest BCUT2D eigenvalue weighted by atomic mass is 10.2. The van der Waals surface area contributed by atoms with Crippen LogP contribution in [0.15, 0.2) is 78.0 Å². The SMILES string of the molecule is C[C@@H](Sc1nc2cc(Cl)ccc2n1Cc1ccccc1)C(=O)Nc1ccc(C(N)=O)cc1. The van der Waals surface area contributed by atoms with Gasteiger partial charge in [0, 0.05) is 16.3 Å². The van der Waals surface area contributed by atoms with Crippen LogP contribution in [0.1, 0.15) is 22.8 Å². The summed E-state index contributed by atoms with van der Waals surface area (Å²) in [4.78, 5) is 28.8. The van der Waals surface area contributed by atoms with Crippen molar-refractivity contribution in [3.05, 3.63) is 88.9 Å². The molecule has 0 aliphatic heterocycles. The number of carbonyl (C=O) groups excluding carboxylic acids is 2. The number of hydrogen-bond acceptors (Lipinski definition) is 4. The van der Waals surface area contributed by atoms with Gasteiger partial charge in [-0.15, -0.1) is 0 Å². The predicted octanol–water partition coefficient (Wildman–Crippen LogP) is 4.96. The number of aromatic nitrogens is 2. The molecule has 162 valence electrons. The number of anilines is 1. The lowest BCUT2D eigenvalue weighted by Gasteiger charge is -2.14. The Hall–Kier alpha value is -3.29. The fourth-order valence-corrected chi connectivity index (χ4v) is 4.35. The molecule has 0 bridgehead atoms. The number of nitrogens with two attached hydrogens (primary N) is 1. The summed E-state index contributed by atoms with van der Waals surface area (Å²) in [5.74, 6) is -0.678. The first kappa shape index (κ1) is 21.9. The summed E-state index contributed by atoms with van der Waals surface area (Å²) in [6.07, 6.45) is 0. The van der Waals surface area contributed by atoms with Crippen LogP contribution in [0.5, 0.6) is 0 Å². The molecular formula is C24H21ClN4O2S. The van der Waals surface area contributed by atoms with Gasteiger partial charge in [0.1, 0.15) is 0 Å². The van der Waals surface area contributed by atoms with Gasteiger partial charge in [-0.2, -0.15) is 0 Å². The van der Waals surface area contributed by atoms with Crippen molar-refractivity contribution < 1.29 is 9.59 Å². The van der Waals surface area contributed by atoms with Crippen molar-refractivity contribution in [2.45, 2.75) is 23.9 Å². The maximum atomic E-state index is 12.8. The normalized spacial score (nSPS) is 11.9. The fourth-order valence-electron chi connectivity index (χ4n) is 3.26. The van der Waals surface area contributed by atoms with Gasteiger partial charge >= 0.3 is 0 Å². The van der Waals surface area contributed by atoms with Crippen LogP contribution in [0.2, 0.25) is 5.02 Å². The molecule has 0 saturated heterocycles. The number of benzene rings is 3. The Kier molecular flexibility index (Phi) is 6.48. The van der Waals surface area contributed by atoms with E-state index in [9.17, 15) is 9.59 Å². The zero-order valence-corrected chi connectivity index (χ0v) is 18.9. The van der Waals surface area contributed by atoms with Crippen molar-refractivity contribution in [1.29, 1.82) is 0 Å². The lowest BCUT2D eigenvalue weighted by Crippen LogP contribution is -2.23. The van der Waals surface area contributed by atoms with Crippen LogP contribution in [0.25, 0.3) is 11.0 Å². The van der Waals surface area contributed by atoms with Crippen LogP contribution in [-0.4, -0.2) is 26.6 Å². The number of nitrogens with one attached hydrogen (secondary N) is 1. The number of rotatable bonds is 7. The van der Waals surface area contributed by atoms with Crippen LogP contribution in [-0.2, 0) is 11.3 Å². The Labute approximate surface area is 194 Å². The monoisotopic (exact) mass is 464 g/mol. The molecule has 0 unspecified atom stereocenters. The van der Waals surface area contributed by atoms with Crippen LogP contribution in [0.4, 0.5) is 5.69 Å². The Bertz CT molecular complexity index is 1270. The van der Waals surface area contributed by atoms with Crippen LogP contribution >= 0.6 is 23.4 Å². The molecule has 1 atom stereocenters. The Morgan fingerprint density at radius 3 is 2.50 bits per heavy atom. The van der Waals surface area contributed by atoms with Crippen LogP contribution in [0.3, 0.4) is 0 Å². The first-order valence-electron chi connectivity index (χ1n) is 9.98. The van der Waals surface area contributed by atoms with Gasteiger partial charge < -0.3 is 15.6 Å². The average Bonchev–Trinajstić information content (AvgIpc) is 3.10. The highest BCUT2D eigenvalue weighted by atomic mass is 35.5. The molecule has 0 fully saturated rings. The third-order valence-corrected chi connectivity index (χ3v) is 6.27. The van der Waals surface area contributed by atoms with Crippen molar-refractivity contribution >= 4 is 51.9 Å². The maximum Gasteiger partial charge on any atom is 0.248 e. The second kappa shape index (κ2) is 9.46. The van der Waals surface area contributed by atoms with E-state index in [1.165, 1.54) is 11.8 Å². The van der Waals surface area contributed by atoms with Crippen molar-refractivity contribution in [1.82, 2.24) is 9.55 Å². The molecule has 0 saturated carbocycles. The van der Waals surface area contributed by atoms with Gasteiger partial charge in [-0.3, -0.25) is 9.59 Å². The van der Waals surface area contributed by atoms with E-state index in [0.29, 0.717) is 22.8 Å². The highest BCUT2D eigenvalue weighted by Crippen LogP contribution is 2.30. The quantitative estimate of drug-likeness (QED) is 0.378. The maximum absolute atomic E-state index is 12.8. The summed E-state index contributed by atoms with van der Waals surface area (Å²) in [7, 11) is 0. The van der Waals surface area contributed by atoms with Crippen molar-refractivity contribution in [2.75, 3.05) is 5.32 Å². The molecule has 3 N–H and O–H groups in total. The first-order chi connectivity index (χ1) is 15.4. The van der Waals surface area contributed by atoms with E-state index in [2.05, 4.69) is 22.0 Å². The van der Waals surface area contributed by atoms with Gasteiger partial charge in [-0.25, -0.2) is 4.98 Å². The summed E-state index contributed by atoms with van der Waals surface area (Å²) < 4.78 is 2.09. The van der Waals surface area contributed by atoms with E-state index in [1.54, 1.807) is 24.3 Å². The number of halogens is 1. The third-order valence-electron chi connectivity index (χ3n) is 4.95. The number of amides is 2. The summed E-state index contributed by atoms with van der Waals surface area (Å²) >= 11 is 7.55. The second-order valence-corrected chi connectivity index (χ2v) is 9.03. The number of nitrogens with zero attached hydrogens (tertiary/aromatic N) is 2. The van der Waals surface area contributed by atoms with Gasteiger partial charge in [0.15, 0.2) is 5.16 Å². The van der Waals surface area contributed by atoms with Crippen LogP contribution < -0.4 is 11.1 Å². The molecular weight excluding hydrogens is 444 g/mol. The molecule has 4 rings (SSSR count). The third kappa shape index (κ3) is 4.95. The van der Waals surface area contributed by atoms with E-state index < -0.39 is 11.2 Å². The smallest absolute Gasteiger partial charge is 0.248 e. The molecule has 1 heterocycles. The topological polar surface area (TPSA) is 90.0 Å². The molecule has 0 spiro atoms. The van der Waals surface area contributed by atoms with Gasteiger partial charge in [-0.1, -0.05) is 53.7 Å². The summed E-state index contributed by atoms with van der Waals surface area (Å²) in [5, 5.41) is 3.81. The zero-order chi connectivity index (χ0) is 22.7. The van der Waals surface area contributed by atoms with Gasteiger partial charge in [0.25, 0.3) is 0 Å². The summed E-state index contributed by atoms with van der Waals surface area (Å²) in [6, 6.07) is 22.2. The first-order valence-corrected chi connectivity index (χ1v) is 11.2. The molecule has 32 heavy (non-hydrogen) atoms. The van der Waals surface area contributed by atoms with E-state index in [1.807, 2.05) is 43.3 Å². The second-order valence-electron chi connectivity index (χ2n) is 7.29. The Morgan fingerprint density at radius 1 is 1.09 bits per heavy atom. The molecule has 4 aromatic rings. The molecule has 3 aromatic carbocycles. The summed E-state index contributed by atoms with van der Waals surface area (Å²) in [5.41, 5.74) is 9.12. The minimum atomic E-state index is -0.510. The molecule has 0 aliphatic carbocycles. The van der Waals surface area contributed by atoms with Crippen LogP contribution in [0, 0.1) is 0 Å². The number of imidazole rings is 1. The highest BCUT2D eigenvalue weighted by Gasteiger charge is 2.20. The highest BCUT2D eigenvalue weighted by molar-refractivity contribution is 8.00. The molecule has 0 radical (unpaired) electrons. The lowest BCUT2D eigenvalue weighted by molar-refractivity contribution is -0.115. The van der Waals surface area contributed by atoms with E-state index in [-0.39, 0.29) is 5.91 Å². The predicted molar refractivity (Wildman–Crippen MR) is 129 cm³/mol. The largest absolute Gasteiger partial charge is 0.366 e. The van der Waals surface area contributed by atoms with Gasteiger partial charge in [-0.05, 0) is 55.0 Å². The van der Waals surface area contributed by atoms with Crippen molar-refractivity contribution in [3.8, 4) is 0 Å². The van der Waals surface area contributed by atoms with Gasteiger partial charge in [0.05, 0.1) is 22.8 Å². The minimum absolute atomic E-state index is 0.168. The van der Waals surface area contributed by atoms with Crippen molar-refractivity contribution in [2.24, 2.45) is 5.73 Å².